The van der Waals surface area contributed by atoms with Gasteiger partial charge in [0.15, 0.2) is 5.82 Å². The Labute approximate surface area is 135 Å². The SMILES string of the molecule is C[C@@H](c1nc(N)nc(N(C)C)n1)N1CCC[C@@H]1c1cccs1. The van der Waals surface area contributed by atoms with Gasteiger partial charge in [0.25, 0.3) is 0 Å². The number of anilines is 2. The van der Waals surface area contributed by atoms with Crippen molar-refractivity contribution in [2.75, 3.05) is 31.3 Å². The van der Waals surface area contributed by atoms with Crippen molar-refractivity contribution in [3.8, 4) is 0 Å². The molecule has 2 N–H and O–H groups in total. The van der Waals surface area contributed by atoms with E-state index in [1.165, 1.54) is 17.7 Å². The Balaban J connectivity index is 1.88. The third-order valence-corrected chi connectivity index (χ3v) is 5.07. The molecule has 0 unspecified atom stereocenters. The summed E-state index contributed by atoms with van der Waals surface area (Å²) in [5.41, 5.74) is 5.86. The van der Waals surface area contributed by atoms with Crippen molar-refractivity contribution >= 4 is 23.2 Å². The van der Waals surface area contributed by atoms with E-state index in [1.54, 1.807) is 0 Å². The number of nitrogens with zero attached hydrogens (tertiary/aromatic N) is 5. The number of rotatable bonds is 4. The second-order valence-corrected chi connectivity index (χ2v) is 6.81. The molecule has 0 spiro atoms. The van der Waals surface area contributed by atoms with Gasteiger partial charge in [-0.15, -0.1) is 11.3 Å². The predicted octanol–water partition coefficient (Wildman–Crippen LogP) is 2.48. The molecule has 0 radical (unpaired) electrons. The first-order valence-electron chi connectivity index (χ1n) is 7.54. The molecule has 3 heterocycles. The van der Waals surface area contributed by atoms with E-state index in [1.807, 2.05) is 30.3 Å². The Hall–Kier alpha value is -1.73. The first-order valence-corrected chi connectivity index (χ1v) is 8.42. The summed E-state index contributed by atoms with van der Waals surface area (Å²) in [6, 6.07) is 4.91. The van der Waals surface area contributed by atoms with Crippen LogP contribution in [0.4, 0.5) is 11.9 Å². The molecule has 6 nitrogen and oxygen atoms in total. The molecule has 1 fully saturated rings. The minimum Gasteiger partial charge on any atom is -0.368 e. The number of aromatic nitrogens is 3. The van der Waals surface area contributed by atoms with E-state index < -0.39 is 0 Å². The second-order valence-electron chi connectivity index (χ2n) is 5.83. The van der Waals surface area contributed by atoms with Crippen LogP contribution in [-0.4, -0.2) is 40.5 Å². The van der Waals surface area contributed by atoms with Gasteiger partial charge in [-0.05, 0) is 37.8 Å². The van der Waals surface area contributed by atoms with Gasteiger partial charge >= 0.3 is 0 Å². The van der Waals surface area contributed by atoms with Crippen molar-refractivity contribution in [1.29, 1.82) is 0 Å². The van der Waals surface area contributed by atoms with Crippen LogP contribution in [0.5, 0.6) is 0 Å². The lowest BCUT2D eigenvalue weighted by atomic mass is 10.1. The lowest BCUT2D eigenvalue weighted by Crippen LogP contribution is -2.28. The highest BCUT2D eigenvalue weighted by Crippen LogP contribution is 2.39. The third kappa shape index (κ3) is 2.91. The summed E-state index contributed by atoms with van der Waals surface area (Å²) < 4.78 is 0. The first-order chi connectivity index (χ1) is 10.6. The van der Waals surface area contributed by atoms with Crippen molar-refractivity contribution in [3.05, 3.63) is 28.2 Å². The van der Waals surface area contributed by atoms with Crippen LogP contribution in [0.1, 0.15) is 42.6 Å². The van der Waals surface area contributed by atoms with E-state index in [0.717, 1.165) is 12.4 Å². The van der Waals surface area contributed by atoms with E-state index in [-0.39, 0.29) is 12.0 Å². The zero-order chi connectivity index (χ0) is 15.7. The third-order valence-electron chi connectivity index (χ3n) is 4.10. The smallest absolute Gasteiger partial charge is 0.229 e. The fourth-order valence-electron chi connectivity index (χ4n) is 2.97. The Bertz CT molecular complexity index is 627. The number of nitrogens with two attached hydrogens (primary N) is 1. The standard InChI is InChI=1S/C15H22N6S/c1-10(13-17-14(16)19-15(18-13)20(2)3)21-8-4-6-11(21)12-7-5-9-22-12/h5,7,9-11H,4,6,8H2,1-3H3,(H2,16,17,18,19)/t10-,11+/m0/s1. The molecule has 0 saturated carbocycles. The number of likely N-dealkylation sites (tertiary alicyclic amines) is 1. The van der Waals surface area contributed by atoms with E-state index in [2.05, 4.69) is 44.3 Å². The molecule has 3 rings (SSSR count). The number of hydrogen-bond donors (Lipinski definition) is 1. The summed E-state index contributed by atoms with van der Waals surface area (Å²) in [7, 11) is 3.82. The maximum absolute atomic E-state index is 5.86. The lowest BCUT2D eigenvalue weighted by molar-refractivity contribution is 0.189. The maximum atomic E-state index is 5.86. The van der Waals surface area contributed by atoms with E-state index >= 15 is 0 Å². The number of thiophene rings is 1. The van der Waals surface area contributed by atoms with Crippen molar-refractivity contribution in [2.45, 2.75) is 31.8 Å². The average molecular weight is 318 g/mol. The van der Waals surface area contributed by atoms with Gasteiger partial charge in [0.2, 0.25) is 11.9 Å². The lowest BCUT2D eigenvalue weighted by Gasteiger charge is -2.29. The van der Waals surface area contributed by atoms with Gasteiger partial charge in [-0.25, -0.2) is 0 Å². The molecule has 2 aromatic heterocycles. The summed E-state index contributed by atoms with van der Waals surface area (Å²) in [5.74, 6) is 1.65. The molecular formula is C15H22N6S. The summed E-state index contributed by atoms with van der Waals surface area (Å²) in [4.78, 5) is 18.9. The Morgan fingerprint density at radius 3 is 2.86 bits per heavy atom. The minimum absolute atomic E-state index is 0.124. The molecule has 0 aromatic carbocycles. The monoisotopic (exact) mass is 318 g/mol. The Morgan fingerprint density at radius 1 is 1.36 bits per heavy atom. The molecule has 2 aromatic rings. The molecule has 0 aliphatic carbocycles. The van der Waals surface area contributed by atoms with Crippen molar-refractivity contribution < 1.29 is 0 Å². The van der Waals surface area contributed by atoms with Gasteiger partial charge in [-0.2, -0.15) is 15.0 Å². The van der Waals surface area contributed by atoms with Crippen LogP contribution in [0.2, 0.25) is 0 Å². The fraction of sp³-hybridized carbons (Fsp3) is 0.533. The van der Waals surface area contributed by atoms with Gasteiger partial charge in [-0.3, -0.25) is 4.90 Å². The molecule has 7 heteroatoms. The van der Waals surface area contributed by atoms with Crippen LogP contribution in [0, 0.1) is 0 Å². The van der Waals surface area contributed by atoms with Crippen LogP contribution in [0.15, 0.2) is 17.5 Å². The number of nitrogen functional groups attached to an aromatic ring is 1. The zero-order valence-electron chi connectivity index (χ0n) is 13.2. The average Bonchev–Trinajstić information content (AvgIpc) is 3.16. The van der Waals surface area contributed by atoms with Crippen molar-refractivity contribution in [3.63, 3.8) is 0 Å². The van der Waals surface area contributed by atoms with Gasteiger partial charge in [0, 0.05) is 25.0 Å². The van der Waals surface area contributed by atoms with Crippen molar-refractivity contribution in [1.82, 2.24) is 19.9 Å². The van der Waals surface area contributed by atoms with Crippen LogP contribution < -0.4 is 10.6 Å². The molecule has 2 atom stereocenters. The van der Waals surface area contributed by atoms with Gasteiger partial charge < -0.3 is 10.6 Å². The Morgan fingerprint density at radius 2 is 2.18 bits per heavy atom. The van der Waals surface area contributed by atoms with Crippen molar-refractivity contribution in [2.24, 2.45) is 0 Å². The van der Waals surface area contributed by atoms with Gasteiger partial charge in [-0.1, -0.05) is 6.07 Å². The number of hydrogen-bond acceptors (Lipinski definition) is 7. The second kappa shape index (κ2) is 6.18. The predicted molar refractivity (Wildman–Crippen MR) is 90.0 cm³/mol. The largest absolute Gasteiger partial charge is 0.368 e. The molecule has 22 heavy (non-hydrogen) atoms. The summed E-state index contributed by atoms with van der Waals surface area (Å²) >= 11 is 1.82. The zero-order valence-corrected chi connectivity index (χ0v) is 14.0. The van der Waals surface area contributed by atoms with E-state index in [9.17, 15) is 0 Å². The summed E-state index contributed by atoms with van der Waals surface area (Å²) in [6.45, 7) is 3.22. The fourth-order valence-corrected chi connectivity index (χ4v) is 3.85. The maximum Gasteiger partial charge on any atom is 0.229 e. The quantitative estimate of drug-likeness (QED) is 0.934. The highest BCUT2D eigenvalue weighted by atomic mass is 32.1. The highest BCUT2D eigenvalue weighted by Gasteiger charge is 2.32. The summed E-state index contributed by atoms with van der Waals surface area (Å²) in [5, 5.41) is 2.14. The molecule has 1 saturated heterocycles. The van der Waals surface area contributed by atoms with Crippen LogP contribution in [-0.2, 0) is 0 Å². The first kappa shape index (κ1) is 15.2. The molecule has 0 bridgehead atoms. The van der Waals surface area contributed by atoms with Gasteiger partial charge in [0.05, 0.1) is 6.04 Å². The van der Waals surface area contributed by atoms with E-state index in [4.69, 9.17) is 5.73 Å². The topological polar surface area (TPSA) is 71.2 Å². The summed E-state index contributed by atoms with van der Waals surface area (Å²) in [6.07, 6.45) is 2.39. The van der Waals surface area contributed by atoms with E-state index in [0.29, 0.717) is 12.0 Å². The molecule has 118 valence electrons. The van der Waals surface area contributed by atoms with Crippen LogP contribution >= 0.6 is 11.3 Å². The molecular weight excluding hydrogens is 296 g/mol. The van der Waals surface area contributed by atoms with Gasteiger partial charge in [0.1, 0.15) is 0 Å². The normalized spacial score (nSPS) is 20.2. The molecule has 0 amide bonds. The molecule has 1 aliphatic heterocycles. The molecule has 1 aliphatic rings. The van der Waals surface area contributed by atoms with Crippen LogP contribution in [0.25, 0.3) is 0 Å². The Kier molecular flexibility index (Phi) is 4.26. The highest BCUT2D eigenvalue weighted by molar-refractivity contribution is 7.10. The minimum atomic E-state index is 0.124. The van der Waals surface area contributed by atoms with Crippen LogP contribution in [0.3, 0.4) is 0 Å².